The molecule has 0 aliphatic carbocycles. The molecule has 0 saturated carbocycles. The maximum atomic E-state index is 12.4. The van der Waals surface area contributed by atoms with E-state index in [0.29, 0.717) is 6.61 Å². The van der Waals surface area contributed by atoms with Gasteiger partial charge in [-0.15, -0.1) is 0 Å². The summed E-state index contributed by atoms with van der Waals surface area (Å²) in [5.41, 5.74) is 0. The highest BCUT2D eigenvalue weighted by atomic mass is 31.2. The Morgan fingerprint density at radius 3 is 1.64 bits per heavy atom. The van der Waals surface area contributed by atoms with Gasteiger partial charge in [0.05, 0.1) is 6.61 Å². The quantitative estimate of drug-likeness (QED) is 0.102. The first-order chi connectivity index (χ1) is 16.8. The Kier molecular flexibility index (Phi) is 17.2. The summed E-state index contributed by atoms with van der Waals surface area (Å²) in [6.45, 7) is 10.4. The zero-order valence-corrected chi connectivity index (χ0v) is 23.2. The van der Waals surface area contributed by atoms with Crippen LogP contribution in [0.1, 0.15) is 67.2 Å². The van der Waals surface area contributed by atoms with Crippen LogP contribution < -0.4 is 0 Å². The molecular weight excluding hydrogens is 499 g/mol. The summed E-state index contributed by atoms with van der Waals surface area (Å²) in [5, 5.41) is 0. The van der Waals surface area contributed by atoms with E-state index in [4.69, 9.17) is 32.7 Å². The first-order valence-electron chi connectivity index (χ1n) is 12.1. The Labute approximate surface area is 213 Å². The van der Waals surface area contributed by atoms with Gasteiger partial charge in [-0.3, -0.25) is 9.09 Å². The molecule has 0 aromatic heterocycles. The third-order valence-electron chi connectivity index (χ3n) is 4.58. The summed E-state index contributed by atoms with van der Waals surface area (Å²) in [7, 11) is -3.48. The van der Waals surface area contributed by atoms with E-state index in [0.717, 1.165) is 25.7 Å². The largest absolute Gasteiger partial charge is 0.459 e. The Hall–Kier alpha value is -2.01. The van der Waals surface area contributed by atoms with Crippen LogP contribution in [0.2, 0.25) is 0 Å². The molecule has 0 amide bonds. The van der Waals surface area contributed by atoms with Gasteiger partial charge in [0, 0.05) is 13.3 Å². The third-order valence-corrected chi connectivity index (χ3v) is 5.93. The van der Waals surface area contributed by atoms with Crippen LogP contribution in [-0.2, 0) is 56.5 Å². The monoisotopic (exact) mass is 540 g/mol. The van der Waals surface area contributed by atoms with Crippen molar-refractivity contribution in [2.75, 3.05) is 33.1 Å². The zero-order valence-electron chi connectivity index (χ0n) is 22.3. The minimum absolute atomic E-state index is 0.246. The second-order valence-electron chi connectivity index (χ2n) is 8.00. The molecule has 12 nitrogen and oxygen atoms in total. The van der Waals surface area contributed by atoms with Crippen LogP contribution >= 0.6 is 7.60 Å². The predicted octanol–water partition coefficient (Wildman–Crippen LogP) is 3.19. The predicted molar refractivity (Wildman–Crippen MR) is 128 cm³/mol. The molecule has 5 unspecified atom stereocenters. The number of carbonyl (C=O) groups excluding carboxylic acids is 4. The van der Waals surface area contributed by atoms with Gasteiger partial charge in [0.2, 0.25) is 0 Å². The van der Waals surface area contributed by atoms with Crippen molar-refractivity contribution >= 4 is 31.5 Å². The molecule has 0 bridgehead atoms. The lowest BCUT2D eigenvalue weighted by Crippen LogP contribution is -2.33. The summed E-state index contributed by atoms with van der Waals surface area (Å²) in [6.07, 6.45) is -0.757. The molecule has 0 rings (SSSR count). The molecule has 0 aromatic carbocycles. The summed E-state index contributed by atoms with van der Waals surface area (Å²) in [5.74, 6) is -3.34. The van der Waals surface area contributed by atoms with Crippen LogP contribution in [0.15, 0.2) is 0 Å². The highest BCUT2D eigenvalue weighted by molar-refractivity contribution is 7.53. The molecule has 0 radical (unpaired) electrons. The lowest BCUT2D eigenvalue weighted by Gasteiger charge is -2.20. The van der Waals surface area contributed by atoms with Gasteiger partial charge in [0.25, 0.3) is 0 Å². The minimum atomic E-state index is -3.48. The van der Waals surface area contributed by atoms with Crippen molar-refractivity contribution in [1.29, 1.82) is 0 Å². The Bertz CT molecular complexity index is 741. The first kappa shape index (κ1) is 34.0. The number of hydrogen-bond acceptors (Lipinski definition) is 12. The van der Waals surface area contributed by atoms with Gasteiger partial charge in [-0.05, 0) is 41.0 Å². The Balaban J connectivity index is 4.30. The Morgan fingerprint density at radius 1 is 0.667 bits per heavy atom. The molecule has 210 valence electrons. The number of ether oxygens (including phenoxy) is 5. The minimum Gasteiger partial charge on any atom is -0.459 e. The maximum Gasteiger partial charge on any atom is 0.347 e. The van der Waals surface area contributed by atoms with Gasteiger partial charge >= 0.3 is 31.5 Å². The van der Waals surface area contributed by atoms with E-state index in [-0.39, 0.29) is 19.8 Å². The van der Waals surface area contributed by atoms with E-state index in [1.807, 2.05) is 0 Å². The molecule has 36 heavy (non-hydrogen) atoms. The van der Waals surface area contributed by atoms with Crippen molar-refractivity contribution in [3.05, 3.63) is 0 Å². The van der Waals surface area contributed by atoms with E-state index in [9.17, 15) is 23.7 Å². The molecule has 0 aromatic rings. The van der Waals surface area contributed by atoms with Gasteiger partial charge in [0.15, 0.2) is 24.4 Å². The normalized spacial score (nSPS) is 16.1. The fourth-order valence-electron chi connectivity index (χ4n) is 2.59. The molecule has 0 heterocycles. The molecule has 13 heteroatoms. The number of carbonyl (C=O) groups is 4. The molecule has 0 saturated heterocycles. The van der Waals surface area contributed by atoms with Gasteiger partial charge in [0.1, 0.15) is 13.2 Å². The third kappa shape index (κ3) is 15.2. The second-order valence-corrected chi connectivity index (χ2v) is 10.0. The standard InChI is InChI=1S/C23H41O12P/c1-8-10-11-12-13-32-36(7,28)35-19(6)23(27)34-18(5)21(25)31-15-14-30-20(24)17(4)33-22(26)16(3)29-9-2/h16-19H,8-15H2,1-7H3. The van der Waals surface area contributed by atoms with Gasteiger partial charge in [-0.2, -0.15) is 0 Å². The molecule has 5 atom stereocenters. The lowest BCUT2D eigenvalue weighted by atomic mass is 10.2. The van der Waals surface area contributed by atoms with Crippen LogP contribution in [0.3, 0.4) is 0 Å². The average Bonchev–Trinajstić information content (AvgIpc) is 2.80. The van der Waals surface area contributed by atoms with Gasteiger partial charge in [-0.1, -0.05) is 26.2 Å². The smallest absolute Gasteiger partial charge is 0.347 e. The molecule has 0 spiro atoms. The number of esters is 4. The van der Waals surface area contributed by atoms with Crippen molar-refractivity contribution in [1.82, 2.24) is 0 Å². The van der Waals surface area contributed by atoms with Crippen molar-refractivity contribution in [2.45, 2.75) is 91.6 Å². The van der Waals surface area contributed by atoms with E-state index in [2.05, 4.69) is 6.92 Å². The van der Waals surface area contributed by atoms with Crippen LogP contribution in [0.25, 0.3) is 0 Å². The summed E-state index contributed by atoms with van der Waals surface area (Å²) >= 11 is 0. The molecule has 0 aliphatic heterocycles. The molecule has 0 aliphatic rings. The van der Waals surface area contributed by atoms with Crippen molar-refractivity contribution < 1.29 is 56.5 Å². The topological polar surface area (TPSA) is 150 Å². The van der Waals surface area contributed by atoms with Crippen LogP contribution in [-0.4, -0.2) is 81.4 Å². The highest BCUT2D eigenvalue weighted by Gasteiger charge is 2.29. The van der Waals surface area contributed by atoms with Crippen LogP contribution in [0.4, 0.5) is 0 Å². The summed E-state index contributed by atoms with van der Waals surface area (Å²) < 4.78 is 47.6. The van der Waals surface area contributed by atoms with E-state index < -0.39 is 55.9 Å². The SMILES string of the molecule is CCCCCCOP(C)(=O)OC(C)C(=O)OC(C)C(=O)OCCOC(=O)C(C)OC(=O)C(C)OCC. The number of rotatable bonds is 19. The van der Waals surface area contributed by atoms with Gasteiger partial charge in [-0.25, -0.2) is 19.2 Å². The number of hydrogen-bond donors (Lipinski definition) is 0. The fraction of sp³-hybridized carbons (Fsp3) is 0.826. The van der Waals surface area contributed by atoms with E-state index in [1.54, 1.807) is 6.92 Å². The van der Waals surface area contributed by atoms with Crippen LogP contribution in [0, 0.1) is 0 Å². The van der Waals surface area contributed by atoms with Gasteiger partial charge < -0.3 is 28.2 Å². The molecule has 0 N–H and O–H groups in total. The second kappa shape index (κ2) is 18.3. The molecule has 0 fully saturated rings. The van der Waals surface area contributed by atoms with Crippen molar-refractivity contribution in [3.63, 3.8) is 0 Å². The fourth-order valence-corrected chi connectivity index (χ4v) is 3.78. The summed E-state index contributed by atoms with van der Waals surface area (Å²) in [6, 6.07) is 0. The highest BCUT2D eigenvalue weighted by Crippen LogP contribution is 2.45. The number of unbranched alkanes of at least 4 members (excludes halogenated alkanes) is 3. The maximum absolute atomic E-state index is 12.4. The molecular formula is C23H41O12P. The average molecular weight is 541 g/mol. The van der Waals surface area contributed by atoms with E-state index in [1.165, 1.54) is 34.4 Å². The Morgan fingerprint density at radius 2 is 1.17 bits per heavy atom. The van der Waals surface area contributed by atoms with Crippen molar-refractivity contribution in [2.24, 2.45) is 0 Å². The van der Waals surface area contributed by atoms with Crippen molar-refractivity contribution in [3.8, 4) is 0 Å². The zero-order chi connectivity index (χ0) is 27.7. The summed E-state index contributed by atoms with van der Waals surface area (Å²) in [4.78, 5) is 47.8. The van der Waals surface area contributed by atoms with Crippen LogP contribution in [0.5, 0.6) is 0 Å². The first-order valence-corrected chi connectivity index (χ1v) is 14.1. The van der Waals surface area contributed by atoms with E-state index >= 15 is 0 Å². The lowest BCUT2D eigenvalue weighted by molar-refractivity contribution is -0.176.